The molecule has 11 atom stereocenters. The van der Waals surface area contributed by atoms with E-state index in [0.717, 1.165) is 13.8 Å². The van der Waals surface area contributed by atoms with E-state index in [1.54, 1.807) is 6.92 Å². The summed E-state index contributed by atoms with van der Waals surface area (Å²) >= 11 is 0. The van der Waals surface area contributed by atoms with Gasteiger partial charge in [0.25, 0.3) is 0 Å². The first-order valence-electron chi connectivity index (χ1n) is 13.7. The average Bonchev–Trinajstić information content (AvgIpc) is 2.89. The number of aliphatic hydroxyl groups is 5. The number of amides is 4. The van der Waals surface area contributed by atoms with Gasteiger partial charge in [0.05, 0.1) is 36.4 Å². The Labute approximate surface area is 263 Å². The van der Waals surface area contributed by atoms with Crippen LogP contribution in [0.4, 0.5) is 0 Å². The van der Waals surface area contributed by atoms with Crippen LogP contribution in [0.3, 0.4) is 0 Å². The van der Waals surface area contributed by atoms with Gasteiger partial charge in [0.2, 0.25) is 29.4 Å². The zero-order valence-electron chi connectivity index (χ0n) is 26.2. The lowest BCUT2D eigenvalue weighted by Crippen LogP contribution is -2.70. The second-order valence-electron chi connectivity index (χ2n) is 10.6. The molecule has 0 bridgehead atoms. The van der Waals surface area contributed by atoms with Crippen LogP contribution >= 0.6 is 0 Å². The summed E-state index contributed by atoms with van der Waals surface area (Å²) in [6.45, 7) is 8.77. The van der Waals surface area contributed by atoms with Crippen LogP contribution in [-0.2, 0) is 43.0 Å². The van der Waals surface area contributed by atoms with E-state index in [1.165, 1.54) is 27.7 Å². The molecule has 2 rings (SSSR count). The van der Waals surface area contributed by atoms with E-state index in [1.807, 2.05) is 0 Å². The fourth-order valence-corrected chi connectivity index (χ4v) is 4.42. The van der Waals surface area contributed by atoms with E-state index in [9.17, 15) is 69.3 Å². The molecule has 20 nitrogen and oxygen atoms in total. The number of rotatable bonds is 8. The minimum atomic E-state index is -2.81. The van der Waals surface area contributed by atoms with Crippen LogP contribution in [-0.4, -0.2) is 134 Å². The van der Waals surface area contributed by atoms with Gasteiger partial charge in [-0.25, -0.2) is 0 Å². The van der Waals surface area contributed by atoms with Crippen molar-refractivity contribution in [1.82, 2.24) is 21.3 Å². The minimum Gasteiger partial charge on any atom is -0.544 e. The Morgan fingerprint density at radius 1 is 0.804 bits per heavy atom. The molecule has 0 aromatic heterocycles. The first-order chi connectivity index (χ1) is 20.9. The maximum Gasteiger partial charge on any atom is 0.217 e. The van der Waals surface area contributed by atoms with E-state index in [4.69, 9.17) is 9.47 Å². The summed E-state index contributed by atoms with van der Waals surface area (Å²) in [7, 11) is 0. The van der Waals surface area contributed by atoms with Gasteiger partial charge in [0.1, 0.15) is 30.2 Å². The molecule has 0 aliphatic carbocycles. The lowest BCUT2D eigenvalue weighted by atomic mass is 9.87. The van der Waals surface area contributed by atoms with E-state index < -0.39 is 109 Å². The van der Waals surface area contributed by atoms with Gasteiger partial charge in [-0.3, -0.25) is 24.0 Å². The highest BCUT2D eigenvalue weighted by molar-refractivity contribution is 6.30. The van der Waals surface area contributed by atoms with E-state index in [-0.39, 0.29) is 5.91 Å². The van der Waals surface area contributed by atoms with Crippen molar-refractivity contribution in [2.24, 2.45) is 0 Å². The Balaban J connectivity index is 0.000000770. The molecule has 5 unspecified atom stereocenters. The summed E-state index contributed by atoms with van der Waals surface area (Å²) in [5.41, 5.74) is 0. The van der Waals surface area contributed by atoms with Crippen molar-refractivity contribution in [3.63, 3.8) is 0 Å². The largest absolute Gasteiger partial charge is 0.544 e. The number of carboxylic acids is 2. The van der Waals surface area contributed by atoms with Crippen molar-refractivity contribution < 1.29 is 78.8 Å². The summed E-state index contributed by atoms with van der Waals surface area (Å²) in [4.78, 5) is 74.3. The maximum atomic E-state index is 11.3. The lowest BCUT2D eigenvalue weighted by molar-refractivity contribution is -0.370. The fraction of sp³-hybridized carbons (Fsp3) is 0.731. The first-order valence-corrected chi connectivity index (χ1v) is 13.7. The molecule has 0 saturated carbocycles. The molecule has 264 valence electrons. The number of hydrogen-bond acceptors (Lipinski definition) is 16. The summed E-state index contributed by atoms with van der Waals surface area (Å²) in [6, 6.07) is -3.97. The number of hydrogen-bond donors (Lipinski definition) is 9. The number of aliphatic carboxylic acids is 2. The predicted molar refractivity (Wildman–Crippen MR) is 146 cm³/mol. The van der Waals surface area contributed by atoms with Gasteiger partial charge in [-0.15, -0.1) is 0 Å². The predicted octanol–water partition coefficient (Wildman–Crippen LogP) is -7.62. The number of carbonyl (C=O) groups is 7. The van der Waals surface area contributed by atoms with Gasteiger partial charge in [-0.05, 0) is 13.8 Å². The highest BCUT2D eigenvalue weighted by Crippen LogP contribution is 2.30. The number of aliphatic hydroxyl groups excluding tert-OH is 4. The molecule has 2 saturated heterocycles. The van der Waals surface area contributed by atoms with Crippen LogP contribution in [0.5, 0.6) is 0 Å². The molecule has 2 fully saturated rings. The van der Waals surface area contributed by atoms with Crippen molar-refractivity contribution in [3.05, 3.63) is 0 Å². The third-order valence-electron chi connectivity index (χ3n) is 6.45. The molecule has 0 spiro atoms. The van der Waals surface area contributed by atoms with Crippen LogP contribution in [0.25, 0.3) is 0 Å². The SMILES string of the molecule is CC(=O)C(=O)[O-].CC(=O)NC1C(O)OC(C)[C@@H](NC(C)=O)[C@@H]1O.CC(=O)N[C@@H]1C(O)C[C@@](O)(C(=O)[O-])OC1[C@H](NC(C)=O)[C@@H](C)O. The molecule has 2 aliphatic rings. The highest BCUT2D eigenvalue weighted by atomic mass is 16.7. The maximum absolute atomic E-state index is 11.3. The topological polar surface area (TPSA) is 333 Å². The first kappa shape index (κ1) is 42.2. The Morgan fingerprint density at radius 3 is 1.61 bits per heavy atom. The third-order valence-corrected chi connectivity index (χ3v) is 6.45. The quantitative estimate of drug-likeness (QED) is 0.109. The smallest absolute Gasteiger partial charge is 0.217 e. The molecule has 0 aromatic carbocycles. The van der Waals surface area contributed by atoms with E-state index in [2.05, 4.69) is 21.3 Å². The molecule has 9 N–H and O–H groups in total. The monoisotopic (exact) mass is 666 g/mol. The van der Waals surface area contributed by atoms with Gasteiger partial charge >= 0.3 is 0 Å². The summed E-state index contributed by atoms with van der Waals surface area (Å²) in [6.07, 6.45) is -7.84. The van der Waals surface area contributed by atoms with Gasteiger partial charge in [0, 0.05) is 41.0 Å². The molecular weight excluding hydrogens is 624 g/mol. The van der Waals surface area contributed by atoms with E-state index >= 15 is 0 Å². The number of Topliss-reactive ketones (excluding diaryl/α,β-unsaturated/α-hetero) is 1. The molecule has 4 amide bonds. The van der Waals surface area contributed by atoms with E-state index in [0.29, 0.717) is 0 Å². The van der Waals surface area contributed by atoms with Crippen LogP contribution in [0.15, 0.2) is 0 Å². The zero-order valence-corrected chi connectivity index (χ0v) is 26.2. The Hall–Kier alpha value is -3.79. The lowest BCUT2D eigenvalue weighted by Gasteiger charge is -2.47. The molecule has 46 heavy (non-hydrogen) atoms. The van der Waals surface area contributed by atoms with Crippen LogP contribution < -0.4 is 31.5 Å². The van der Waals surface area contributed by atoms with Crippen LogP contribution in [0.2, 0.25) is 0 Å². The van der Waals surface area contributed by atoms with Crippen molar-refractivity contribution in [1.29, 1.82) is 0 Å². The molecule has 0 radical (unpaired) electrons. The summed E-state index contributed by atoms with van der Waals surface area (Å²) in [5, 5.41) is 79.4. The summed E-state index contributed by atoms with van der Waals surface area (Å²) < 4.78 is 10.2. The van der Waals surface area contributed by atoms with Crippen molar-refractivity contribution in [2.45, 2.75) is 122 Å². The molecular formula is C26H42N4O16-2. The molecule has 2 heterocycles. The number of carbonyl (C=O) groups excluding carboxylic acids is 7. The van der Waals surface area contributed by atoms with Crippen LogP contribution in [0, 0.1) is 0 Å². The third kappa shape index (κ3) is 13.3. The standard InChI is InChI=1S/C13H22N2O8.C10H18N2O5.C3H4O3/c1-5(16)9(14-6(2)17)11-10(15-7(3)18)8(19)4-13(22,23-11)12(20)21;1-4-7(11-5(2)13)9(15)8(10(16)17-4)12-6(3)14;1-2(4)3(5)6/h5,8-11,16,19,22H,4H2,1-3H3,(H,14,17)(H,15,18)(H,20,21);4,7-10,15-16H,1-3H3,(H,11,13)(H,12,14);1H3,(H,5,6)/p-2/t5-,8?,9-,10-,11?,13+;4?,7-,8?,9+,10?;/m11./s1. The second kappa shape index (κ2) is 18.4. The zero-order chi connectivity index (χ0) is 36.3. The van der Waals surface area contributed by atoms with Gasteiger partial charge in [-0.1, -0.05) is 0 Å². The van der Waals surface area contributed by atoms with Crippen molar-refractivity contribution in [3.8, 4) is 0 Å². The normalized spacial score (nSPS) is 31.5. The van der Waals surface area contributed by atoms with Crippen LogP contribution in [0.1, 0.15) is 54.9 Å². The average molecular weight is 667 g/mol. The minimum absolute atomic E-state index is 0.317. The van der Waals surface area contributed by atoms with Gasteiger partial charge in [0.15, 0.2) is 12.1 Å². The fourth-order valence-electron chi connectivity index (χ4n) is 4.42. The number of ether oxygens (including phenoxy) is 2. The highest BCUT2D eigenvalue weighted by Gasteiger charge is 2.51. The number of nitrogens with one attached hydrogen (secondary N) is 4. The van der Waals surface area contributed by atoms with Crippen molar-refractivity contribution >= 4 is 41.4 Å². The Morgan fingerprint density at radius 2 is 1.24 bits per heavy atom. The number of carboxylic acid groups (broad SMARTS) is 2. The molecule has 2 aliphatic heterocycles. The van der Waals surface area contributed by atoms with Gasteiger partial charge < -0.3 is 76.1 Å². The number of ketones is 1. The Bertz CT molecular complexity index is 1060. The second-order valence-corrected chi connectivity index (χ2v) is 10.6. The Kier molecular flexibility index (Phi) is 16.9. The summed E-state index contributed by atoms with van der Waals surface area (Å²) in [5.74, 6) is -9.17. The van der Waals surface area contributed by atoms with Gasteiger partial charge in [-0.2, -0.15) is 0 Å². The molecule has 0 aromatic rings. The molecule has 20 heteroatoms. The van der Waals surface area contributed by atoms with Crippen molar-refractivity contribution in [2.75, 3.05) is 0 Å².